The highest BCUT2D eigenvalue weighted by Gasteiger charge is 2.46. The van der Waals surface area contributed by atoms with Gasteiger partial charge in [-0.15, -0.1) is 0 Å². The maximum absolute atomic E-state index is 12.9. The fraction of sp³-hybridized carbons (Fsp3) is 0.933. The van der Waals surface area contributed by atoms with Gasteiger partial charge in [-0.1, -0.05) is 264 Å². The average Bonchev–Trinajstić information content (AvgIpc) is 3.36. The van der Waals surface area contributed by atoms with Crippen LogP contribution in [0.4, 0.5) is 0 Å². The first-order valence-corrected chi connectivity index (χ1v) is 32.4. The summed E-state index contributed by atoms with van der Waals surface area (Å²) in [5.41, 5.74) is 0. The summed E-state index contributed by atoms with van der Waals surface area (Å²) in [5, 5.41) is 31.1. The van der Waals surface area contributed by atoms with Crippen molar-refractivity contribution in [1.29, 1.82) is 0 Å². The van der Waals surface area contributed by atoms with Gasteiger partial charge < -0.3 is 34.3 Å². The van der Waals surface area contributed by atoms with Crippen molar-refractivity contribution in [2.75, 3.05) is 19.0 Å². The molecule has 0 aromatic rings. The molecule has 0 spiro atoms. The van der Waals surface area contributed by atoms with Crippen molar-refractivity contribution in [3.63, 3.8) is 0 Å². The molecule has 6 atom stereocenters. The topological polar surface area (TPSA) is 186 Å². The smallest absolute Gasteiger partial charge is 0.306 e. The maximum atomic E-state index is 12.9. The number of aliphatic hydroxyl groups excluding tert-OH is 3. The second-order valence-corrected chi connectivity index (χ2v) is 23.2. The molecule has 6 unspecified atom stereocenters. The van der Waals surface area contributed by atoms with E-state index in [1.54, 1.807) is 0 Å². The Kier molecular flexibility index (Phi) is 47.5. The Morgan fingerprint density at radius 2 is 0.781 bits per heavy atom. The Labute approximate surface area is 447 Å². The molecule has 13 heteroatoms. The van der Waals surface area contributed by atoms with Crippen molar-refractivity contribution in [3.05, 3.63) is 12.2 Å². The number of rotatable bonds is 54. The van der Waals surface area contributed by atoms with E-state index < -0.39 is 71.2 Å². The first-order chi connectivity index (χ1) is 35.5. The standard InChI is InChI=1S/C60H114O12S/c1-3-5-7-9-11-13-15-17-19-21-23-25-27-29-31-33-35-37-39-41-43-45-47-49-56(62)71-53(51-70-60-59(65)58(64)57(63)54(72-60)52-73(66,67)68)50-69-55(61)48-46-44-42-40-38-36-34-32-30-28-26-24-22-20-18-16-14-12-10-8-6-4-2/h21,23,53-54,57-60,63-65H,3-20,22,24-52H2,1-2H3,(H,66,67,68)/b23-21-. The Hall–Kier alpha value is -1.61. The molecule has 0 aromatic carbocycles. The van der Waals surface area contributed by atoms with Crippen LogP contribution in [0, 0.1) is 0 Å². The fourth-order valence-corrected chi connectivity index (χ4v) is 10.5. The number of hydrogen-bond acceptors (Lipinski definition) is 11. The molecule has 1 rings (SSSR count). The summed E-state index contributed by atoms with van der Waals surface area (Å²) in [4.78, 5) is 25.7. The van der Waals surface area contributed by atoms with Crippen LogP contribution in [0.25, 0.3) is 0 Å². The van der Waals surface area contributed by atoms with Gasteiger partial charge in [0.05, 0.1) is 6.61 Å². The molecule has 1 aliphatic rings. The Morgan fingerprint density at radius 1 is 0.452 bits per heavy atom. The Morgan fingerprint density at radius 3 is 1.14 bits per heavy atom. The number of carbonyl (C=O) groups excluding carboxylic acids is 2. The van der Waals surface area contributed by atoms with E-state index >= 15 is 0 Å². The van der Waals surface area contributed by atoms with Crippen molar-refractivity contribution < 1.29 is 56.8 Å². The summed E-state index contributed by atoms with van der Waals surface area (Å²) < 4.78 is 54.5. The molecule has 0 aliphatic carbocycles. The summed E-state index contributed by atoms with van der Waals surface area (Å²) in [5.74, 6) is -1.96. The van der Waals surface area contributed by atoms with Gasteiger partial charge in [0, 0.05) is 12.8 Å². The molecule has 0 saturated carbocycles. The summed E-state index contributed by atoms with van der Waals surface area (Å²) in [6.07, 6.45) is 49.7. The number of esters is 2. The molecule has 1 aliphatic heterocycles. The largest absolute Gasteiger partial charge is 0.462 e. The molecular formula is C60H114O12S. The lowest BCUT2D eigenvalue weighted by molar-refractivity contribution is -0.297. The lowest BCUT2D eigenvalue weighted by Gasteiger charge is -2.40. The van der Waals surface area contributed by atoms with E-state index in [0.717, 1.165) is 38.5 Å². The third-order valence-corrected chi connectivity index (χ3v) is 15.3. The zero-order valence-electron chi connectivity index (χ0n) is 47.0. The van der Waals surface area contributed by atoms with Crippen LogP contribution in [0.5, 0.6) is 0 Å². The lowest BCUT2D eigenvalue weighted by atomic mass is 10.00. The predicted molar refractivity (Wildman–Crippen MR) is 298 cm³/mol. The molecule has 12 nitrogen and oxygen atoms in total. The van der Waals surface area contributed by atoms with Gasteiger partial charge in [-0.2, -0.15) is 8.42 Å². The molecular weight excluding hydrogens is 945 g/mol. The highest BCUT2D eigenvalue weighted by molar-refractivity contribution is 7.85. The van der Waals surface area contributed by atoms with E-state index in [4.69, 9.17) is 18.9 Å². The highest BCUT2D eigenvalue weighted by Crippen LogP contribution is 2.24. The average molecular weight is 1060 g/mol. The van der Waals surface area contributed by atoms with Gasteiger partial charge in [-0.05, 0) is 38.5 Å². The van der Waals surface area contributed by atoms with E-state index in [-0.39, 0.29) is 19.4 Å². The molecule has 0 bridgehead atoms. The predicted octanol–water partition coefficient (Wildman–Crippen LogP) is 15.3. The molecule has 1 heterocycles. The maximum Gasteiger partial charge on any atom is 0.306 e. The first-order valence-electron chi connectivity index (χ1n) is 30.7. The van der Waals surface area contributed by atoms with Crippen molar-refractivity contribution in [2.45, 2.75) is 340 Å². The van der Waals surface area contributed by atoms with Crippen molar-refractivity contribution in [1.82, 2.24) is 0 Å². The van der Waals surface area contributed by atoms with Gasteiger partial charge in [0.25, 0.3) is 10.1 Å². The van der Waals surface area contributed by atoms with Gasteiger partial charge in [0.2, 0.25) is 0 Å². The minimum absolute atomic E-state index is 0.169. The number of ether oxygens (including phenoxy) is 4. The molecule has 1 fully saturated rings. The van der Waals surface area contributed by atoms with Crippen LogP contribution in [0.1, 0.15) is 303 Å². The quantitative estimate of drug-likeness (QED) is 0.0196. The van der Waals surface area contributed by atoms with Crippen molar-refractivity contribution >= 4 is 22.1 Å². The summed E-state index contributed by atoms with van der Waals surface area (Å²) in [6, 6.07) is 0. The van der Waals surface area contributed by atoms with Gasteiger partial charge in [0.15, 0.2) is 12.4 Å². The van der Waals surface area contributed by atoms with Gasteiger partial charge in [-0.3, -0.25) is 14.1 Å². The van der Waals surface area contributed by atoms with Crippen LogP contribution in [0.3, 0.4) is 0 Å². The Balaban J connectivity index is 2.27. The van der Waals surface area contributed by atoms with Crippen LogP contribution in [0.15, 0.2) is 12.2 Å². The first kappa shape index (κ1) is 69.4. The van der Waals surface area contributed by atoms with Crippen LogP contribution < -0.4 is 0 Å². The van der Waals surface area contributed by atoms with E-state index in [2.05, 4.69) is 26.0 Å². The van der Waals surface area contributed by atoms with Crippen molar-refractivity contribution in [3.8, 4) is 0 Å². The minimum Gasteiger partial charge on any atom is -0.462 e. The monoisotopic (exact) mass is 1060 g/mol. The molecule has 432 valence electrons. The number of aliphatic hydroxyl groups is 3. The van der Waals surface area contributed by atoms with Gasteiger partial charge >= 0.3 is 11.9 Å². The highest BCUT2D eigenvalue weighted by atomic mass is 32.2. The molecule has 0 amide bonds. The Bertz CT molecular complexity index is 1380. The molecule has 1 saturated heterocycles. The van der Waals surface area contributed by atoms with Crippen LogP contribution in [-0.2, 0) is 38.7 Å². The molecule has 0 aromatic heterocycles. The number of carbonyl (C=O) groups is 2. The normalized spacial score (nSPS) is 18.7. The van der Waals surface area contributed by atoms with Gasteiger partial charge in [0.1, 0.15) is 36.8 Å². The second-order valence-electron chi connectivity index (χ2n) is 21.7. The van der Waals surface area contributed by atoms with E-state index in [9.17, 15) is 37.9 Å². The van der Waals surface area contributed by atoms with E-state index in [1.165, 1.54) is 225 Å². The molecule has 73 heavy (non-hydrogen) atoms. The minimum atomic E-state index is -4.61. The third kappa shape index (κ3) is 44.1. The third-order valence-electron chi connectivity index (χ3n) is 14.6. The summed E-state index contributed by atoms with van der Waals surface area (Å²) in [6.45, 7) is 3.84. The zero-order valence-corrected chi connectivity index (χ0v) is 47.8. The number of unbranched alkanes of at least 4 members (excludes halogenated alkanes) is 40. The lowest BCUT2D eigenvalue weighted by Crippen LogP contribution is -2.60. The van der Waals surface area contributed by atoms with Crippen molar-refractivity contribution in [2.24, 2.45) is 0 Å². The fourth-order valence-electron chi connectivity index (χ4n) is 9.85. The van der Waals surface area contributed by atoms with Crippen LogP contribution in [-0.4, -0.2) is 96.0 Å². The van der Waals surface area contributed by atoms with E-state index in [0.29, 0.717) is 12.8 Å². The van der Waals surface area contributed by atoms with Crippen LogP contribution in [0.2, 0.25) is 0 Å². The zero-order chi connectivity index (χ0) is 53.3. The summed E-state index contributed by atoms with van der Waals surface area (Å²) in [7, 11) is -4.61. The number of allylic oxidation sites excluding steroid dienone is 2. The molecule has 0 radical (unpaired) electrons. The number of hydrogen-bond donors (Lipinski definition) is 4. The van der Waals surface area contributed by atoms with Crippen LogP contribution >= 0.6 is 0 Å². The SMILES string of the molecule is CCCCCCCCCC/C=C\CCCCCCCCCCCCCC(=O)OC(COC(=O)CCCCCCCCCCCCCCCCCCCCCCCC)COC1OC(CS(=O)(=O)O)C(O)C(O)C1O. The van der Waals surface area contributed by atoms with E-state index in [1.807, 2.05) is 0 Å². The van der Waals surface area contributed by atoms with Gasteiger partial charge in [-0.25, -0.2) is 0 Å². The second kappa shape index (κ2) is 49.9. The molecule has 4 N–H and O–H groups in total. The summed E-state index contributed by atoms with van der Waals surface area (Å²) >= 11 is 0.